The van der Waals surface area contributed by atoms with Gasteiger partial charge >= 0.3 is 5.97 Å². The normalized spacial score (nSPS) is 9.45. The van der Waals surface area contributed by atoms with E-state index in [4.69, 9.17) is 4.74 Å². The Kier molecular flexibility index (Phi) is 6.46. The number of nitrogens with one attached hydrogen (secondary N) is 1. The number of hydrogen-bond donors (Lipinski definition) is 1. The molecule has 1 heterocycles. The van der Waals surface area contributed by atoms with Gasteiger partial charge in [-0.3, -0.25) is 0 Å². The zero-order valence-corrected chi connectivity index (χ0v) is 11.9. The summed E-state index contributed by atoms with van der Waals surface area (Å²) in [7, 11) is 0. The van der Waals surface area contributed by atoms with Crippen molar-refractivity contribution >= 4 is 24.2 Å². The molecule has 0 aliphatic carbocycles. The molecule has 0 radical (unpaired) electrons. The molecule has 5 nitrogen and oxygen atoms in total. The van der Waals surface area contributed by atoms with Gasteiger partial charge in [-0.2, -0.15) is 0 Å². The van der Waals surface area contributed by atoms with E-state index in [9.17, 15) is 4.79 Å². The van der Waals surface area contributed by atoms with Crippen LogP contribution >= 0.6 is 12.4 Å². The summed E-state index contributed by atoms with van der Waals surface area (Å²) < 4.78 is 4.93. The van der Waals surface area contributed by atoms with Crippen molar-refractivity contribution in [1.82, 2.24) is 9.97 Å². The van der Waals surface area contributed by atoms with Gasteiger partial charge < -0.3 is 10.1 Å². The van der Waals surface area contributed by atoms with Gasteiger partial charge in [-0.25, -0.2) is 14.8 Å². The van der Waals surface area contributed by atoms with Gasteiger partial charge in [-0.05, 0) is 30.7 Å². The van der Waals surface area contributed by atoms with Crippen molar-refractivity contribution in [1.29, 1.82) is 0 Å². The van der Waals surface area contributed by atoms with Crippen LogP contribution in [0.25, 0.3) is 0 Å². The van der Waals surface area contributed by atoms with Crippen LogP contribution in [-0.4, -0.2) is 22.5 Å². The van der Waals surface area contributed by atoms with Crippen LogP contribution < -0.4 is 5.32 Å². The Morgan fingerprint density at radius 2 is 2.00 bits per heavy atom. The third-order valence-corrected chi connectivity index (χ3v) is 2.52. The van der Waals surface area contributed by atoms with E-state index >= 15 is 0 Å². The lowest BCUT2D eigenvalue weighted by Crippen LogP contribution is -2.05. The van der Waals surface area contributed by atoms with E-state index in [-0.39, 0.29) is 18.4 Å². The molecule has 0 aliphatic heterocycles. The molecule has 0 bridgehead atoms. The number of carbonyl (C=O) groups is 1. The van der Waals surface area contributed by atoms with Gasteiger partial charge in [0.05, 0.1) is 12.2 Å². The lowest BCUT2D eigenvalue weighted by Gasteiger charge is -2.06. The fourth-order valence-corrected chi connectivity index (χ4v) is 1.56. The largest absolute Gasteiger partial charge is 0.462 e. The number of aromatic nitrogens is 2. The Bertz CT molecular complexity index is 532. The van der Waals surface area contributed by atoms with E-state index in [1.807, 2.05) is 12.1 Å². The number of carbonyl (C=O) groups excluding carboxylic acids is 1. The SMILES string of the molecule is CCOC(=O)c1ccc(CNc2ccncn2)cc1.Cl. The van der Waals surface area contributed by atoms with Crippen LogP contribution in [0.4, 0.5) is 5.82 Å². The molecule has 20 heavy (non-hydrogen) atoms. The van der Waals surface area contributed by atoms with E-state index in [1.54, 1.807) is 31.3 Å². The second-order valence-electron chi connectivity index (χ2n) is 3.87. The van der Waals surface area contributed by atoms with Crippen LogP contribution in [0, 0.1) is 0 Å². The predicted octanol–water partition coefficient (Wildman–Crippen LogP) is 2.69. The van der Waals surface area contributed by atoms with Crippen LogP contribution in [0.5, 0.6) is 0 Å². The first-order chi connectivity index (χ1) is 9.29. The zero-order chi connectivity index (χ0) is 13.5. The lowest BCUT2D eigenvalue weighted by molar-refractivity contribution is 0.0526. The molecule has 0 fully saturated rings. The maximum absolute atomic E-state index is 11.5. The molecule has 0 aliphatic rings. The first-order valence-corrected chi connectivity index (χ1v) is 6.05. The van der Waals surface area contributed by atoms with Gasteiger partial charge in [0.1, 0.15) is 12.1 Å². The summed E-state index contributed by atoms with van der Waals surface area (Å²) in [6.45, 7) is 2.81. The maximum atomic E-state index is 11.5. The standard InChI is InChI=1S/C14H15N3O2.ClH/c1-2-19-14(18)12-5-3-11(4-6-12)9-16-13-7-8-15-10-17-13;/h3-8,10H,2,9H2,1H3,(H,15,16,17);1H. The van der Waals surface area contributed by atoms with Crippen molar-refractivity contribution in [3.05, 3.63) is 54.0 Å². The number of nitrogens with zero attached hydrogens (tertiary/aromatic N) is 2. The first-order valence-electron chi connectivity index (χ1n) is 6.05. The molecule has 106 valence electrons. The van der Waals surface area contributed by atoms with Crippen molar-refractivity contribution in [3.8, 4) is 0 Å². The average molecular weight is 294 g/mol. The van der Waals surface area contributed by atoms with Gasteiger partial charge in [0, 0.05) is 12.7 Å². The van der Waals surface area contributed by atoms with Crippen molar-refractivity contribution in [2.24, 2.45) is 0 Å². The number of anilines is 1. The molecule has 0 saturated carbocycles. The monoisotopic (exact) mass is 293 g/mol. The van der Waals surface area contributed by atoms with E-state index in [2.05, 4.69) is 15.3 Å². The number of hydrogen-bond acceptors (Lipinski definition) is 5. The van der Waals surface area contributed by atoms with E-state index in [0.717, 1.165) is 11.4 Å². The molecule has 2 aromatic rings. The highest BCUT2D eigenvalue weighted by Crippen LogP contribution is 2.08. The lowest BCUT2D eigenvalue weighted by atomic mass is 10.1. The Morgan fingerprint density at radius 1 is 1.25 bits per heavy atom. The van der Waals surface area contributed by atoms with E-state index in [0.29, 0.717) is 18.7 Å². The van der Waals surface area contributed by atoms with Crippen molar-refractivity contribution in [3.63, 3.8) is 0 Å². The Balaban J connectivity index is 0.00000200. The average Bonchev–Trinajstić information content (AvgIpc) is 2.47. The number of halogens is 1. The van der Waals surface area contributed by atoms with Crippen LogP contribution in [0.2, 0.25) is 0 Å². The minimum Gasteiger partial charge on any atom is -0.462 e. The highest BCUT2D eigenvalue weighted by atomic mass is 35.5. The highest BCUT2D eigenvalue weighted by Gasteiger charge is 2.05. The molecular formula is C14H16ClN3O2. The fourth-order valence-electron chi connectivity index (χ4n) is 1.56. The molecular weight excluding hydrogens is 278 g/mol. The molecule has 1 aromatic carbocycles. The van der Waals surface area contributed by atoms with Gasteiger partial charge in [0.2, 0.25) is 0 Å². The number of ether oxygens (including phenoxy) is 1. The van der Waals surface area contributed by atoms with Gasteiger partial charge in [0.15, 0.2) is 0 Å². The third-order valence-electron chi connectivity index (χ3n) is 2.52. The molecule has 0 amide bonds. The van der Waals surface area contributed by atoms with Gasteiger partial charge in [-0.15, -0.1) is 12.4 Å². The zero-order valence-electron chi connectivity index (χ0n) is 11.1. The molecule has 2 rings (SSSR count). The van der Waals surface area contributed by atoms with Gasteiger partial charge in [-0.1, -0.05) is 12.1 Å². The number of esters is 1. The highest BCUT2D eigenvalue weighted by molar-refractivity contribution is 5.89. The van der Waals surface area contributed by atoms with E-state index < -0.39 is 0 Å². The summed E-state index contributed by atoms with van der Waals surface area (Å²) in [6, 6.07) is 9.10. The topological polar surface area (TPSA) is 64.1 Å². The fraction of sp³-hybridized carbons (Fsp3) is 0.214. The second kappa shape index (κ2) is 8.12. The predicted molar refractivity (Wildman–Crippen MR) is 79.0 cm³/mol. The minimum absolute atomic E-state index is 0. The first kappa shape index (κ1) is 15.9. The van der Waals surface area contributed by atoms with Crippen LogP contribution in [0.3, 0.4) is 0 Å². The molecule has 1 aromatic heterocycles. The van der Waals surface area contributed by atoms with E-state index in [1.165, 1.54) is 6.33 Å². The molecule has 6 heteroatoms. The van der Waals surface area contributed by atoms with Crippen LogP contribution in [0.15, 0.2) is 42.9 Å². The molecule has 0 spiro atoms. The summed E-state index contributed by atoms with van der Waals surface area (Å²) >= 11 is 0. The smallest absolute Gasteiger partial charge is 0.338 e. The molecule has 0 atom stereocenters. The Hall–Kier alpha value is -2.14. The summed E-state index contributed by atoms with van der Waals surface area (Å²) in [4.78, 5) is 19.4. The summed E-state index contributed by atoms with van der Waals surface area (Å²) in [6.07, 6.45) is 3.17. The number of rotatable bonds is 5. The Morgan fingerprint density at radius 3 is 2.60 bits per heavy atom. The maximum Gasteiger partial charge on any atom is 0.338 e. The van der Waals surface area contributed by atoms with Crippen LogP contribution in [0.1, 0.15) is 22.8 Å². The Labute approximate surface area is 123 Å². The second-order valence-corrected chi connectivity index (χ2v) is 3.87. The summed E-state index contributed by atoms with van der Waals surface area (Å²) in [5, 5.41) is 3.17. The van der Waals surface area contributed by atoms with Gasteiger partial charge in [0.25, 0.3) is 0 Å². The number of benzene rings is 1. The molecule has 1 N–H and O–H groups in total. The summed E-state index contributed by atoms with van der Waals surface area (Å²) in [5.74, 6) is 0.474. The van der Waals surface area contributed by atoms with Crippen molar-refractivity contribution in [2.45, 2.75) is 13.5 Å². The summed E-state index contributed by atoms with van der Waals surface area (Å²) in [5.41, 5.74) is 1.62. The molecule has 0 saturated heterocycles. The van der Waals surface area contributed by atoms with Crippen LogP contribution in [-0.2, 0) is 11.3 Å². The minimum atomic E-state index is -0.294. The third kappa shape index (κ3) is 4.51. The van der Waals surface area contributed by atoms with Crippen molar-refractivity contribution < 1.29 is 9.53 Å². The molecule has 0 unspecified atom stereocenters. The van der Waals surface area contributed by atoms with Crippen molar-refractivity contribution in [2.75, 3.05) is 11.9 Å². The quantitative estimate of drug-likeness (QED) is 0.859.